The molecular formula is C43H49Cl3F6N4O5. The van der Waals surface area contributed by atoms with Crippen molar-refractivity contribution >= 4 is 53.3 Å². The van der Waals surface area contributed by atoms with Crippen LogP contribution in [0.3, 0.4) is 0 Å². The minimum absolute atomic E-state index is 0. The number of amides is 3. The second-order valence-corrected chi connectivity index (χ2v) is 16.7. The highest BCUT2D eigenvalue weighted by Gasteiger charge is 2.50. The fourth-order valence-electron chi connectivity index (χ4n) is 8.69. The van der Waals surface area contributed by atoms with Gasteiger partial charge in [0.25, 0.3) is 5.91 Å². The highest BCUT2D eigenvalue weighted by atomic mass is 35.5. The van der Waals surface area contributed by atoms with Gasteiger partial charge in [0.05, 0.1) is 40.4 Å². The van der Waals surface area contributed by atoms with E-state index >= 15 is 0 Å². The van der Waals surface area contributed by atoms with E-state index in [9.17, 15) is 40.7 Å². The summed E-state index contributed by atoms with van der Waals surface area (Å²) in [4.78, 5) is 43.2. The summed E-state index contributed by atoms with van der Waals surface area (Å²) >= 11 is 12.7. The zero-order chi connectivity index (χ0) is 43.5. The predicted octanol–water partition coefficient (Wildman–Crippen LogP) is 8.56. The number of hydrogen-bond donors (Lipinski definition) is 1. The molecule has 9 nitrogen and oxygen atoms in total. The maximum Gasteiger partial charge on any atom is 0.416 e. The summed E-state index contributed by atoms with van der Waals surface area (Å²) in [5.74, 6) is -1.21. The zero-order valence-electron chi connectivity index (χ0n) is 33.8. The van der Waals surface area contributed by atoms with Crippen LogP contribution in [0, 0.1) is 0 Å². The number of piperidine rings is 1. The van der Waals surface area contributed by atoms with Gasteiger partial charge in [-0.1, -0.05) is 53.5 Å². The molecule has 61 heavy (non-hydrogen) atoms. The monoisotopic (exact) mass is 920 g/mol. The fraction of sp³-hybridized carbons (Fsp3) is 0.512. The molecule has 1 N–H and O–H groups in total. The lowest BCUT2D eigenvalue weighted by Crippen LogP contribution is -2.54. The van der Waals surface area contributed by atoms with Gasteiger partial charge in [-0.25, -0.2) is 0 Å². The van der Waals surface area contributed by atoms with Gasteiger partial charge in [0.15, 0.2) is 0 Å². The molecule has 3 aromatic rings. The molecule has 0 saturated carbocycles. The smallest absolute Gasteiger partial charge is 0.367 e. The fourth-order valence-corrected chi connectivity index (χ4v) is 8.99. The molecule has 0 unspecified atom stereocenters. The van der Waals surface area contributed by atoms with E-state index in [1.165, 1.54) is 23.0 Å². The third-order valence-electron chi connectivity index (χ3n) is 12.0. The first-order chi connectivity index (χ1) is 28.3. The highest BCUT2D eigenvalue weighted by molar-refractivity contribution is 6.42. The Hall–Kier alpha value is -3.60. The van der Waals surface area contributed by atoms with Crippen LogP contribution in [-0.4, -0.2) is 105 Å². The van der Waals surface area contributed by atoms with Crippen LogP contribution >= 0.6 is 35.6 Å². The second-order valence-electron chi connectivity index (χ2n) is 15.9. The normalized spacial score (nSPS) is 20.2. The molecule has 2 heterocycles. The van der Waals surface area contributed by atoms with Crippen molar-refractivity contribution < 1.29 is 50.2 Å². The number of ether oxygens (including phenoxy) is 2. The van der Waals surface area contributed by atoms with Gasteiger partial charge >= 0.3 is 12.4 Å². The van der Waals surface area contributed by atoms with Gasteiger partial charge in [-0.3, -0.25) is 14.4 Å². The Morgan fingerprint density at radius 1 is 0.918 bits per heavy atom. The molecule has 3 aliphatic rings. The number of nitrogens with one attached hydrogen (secondary N) is 1. The number of likely N-dealkylation sites (N-methyl/N-ethyl adjacent to an activating group) is 1. The number of alkyl halides is 6. The summed E-state index contributed by atoms with van der Waals surface area (Å²) in [6.07, 6.45) is -6.55. The van der Waals surface area contributed by atoms with Crippen LogP contribution in [0.4, 0.5) is 26.3 Å². The number of benzene rings is 3. The molecule has 1 spiro atoms. The molecule has 0 radical (unpaired) electrons. The van der Waals surface area contributed by atoms with Crippen molar-refractivity contribution in [2.24, 2.45) is 0 Å². The highest BCUT2D eigenvalue weighted by Crippen LogP contribution is 2.48. The number of likely N-dealkylation sites (tertiary alicyclic amines) is 1. The first kappa shape index (κ1) is 48.4. The average molecular weight is 922 g/mol. The van der Waals surface area contributed by atoms with Crippen LogP contribution in [0.15, 0.2) is 60.7 Å². The summed E-state index contributed by atoms with van der Waals surface area (Å²) < 4.78 is 95.3. The van der Waals surface area contributed by atoms with Crippen LogP contribution < -0.4 is 5.32 Å². The van der Waals surface area contributed by atoms with E-state index in [2.05, 4.69) is 22.3 Å². The first-order valence-corrected chi connectivity index (χ1v) is 20.7. The third-order valence-corrected chi connectivity index (χ3v) is 12.8. The molecule has 2 atom stereocenters. The number of nitrogens with zero attached hydrogens (tertiary/aromatic N) is 3. The van der Waals surface area contributed by atoms with Crippen molar-refractivity contribution in [3.63, 3.8) is 0 Å². The standard InChI is InChI=1S/C43H48Cl2F6N4O5.ClH/c1-28(56)52-14-5-6-15-53(2)38(57)26-59-37-23-29-7-3-4-8-34(29)40(37)11-16-54(17-12-40)18-13-41(31-9-10-35(44)36(45)25-31)27-55(19-20-60-41)39(58)30-21-32(42(46,47)48)24-33(22-30)43(49,50)51;/h3-4,7-10,21-22,24-25,37H,5-6,11-20,23,26-27H2,1-2H3,(H,52,56);1H/t37-,41-;/m0./s1. The Morgan fingerprint density at radius 3 is 2.23 bits per heavy atom. The van der Waals surface area contributed by atoms with Crippen molar-refractivity contribution in [2.45, 2.75) is 74.9 Å². The molecule has 2 fully saturated rings. The Bertz CT molecular complexity index is 2020. The van der Waals surface area contributed by atoms with Gasteiger partial charge in [0.1, 0.15) is 12.2 Å². The SMILES string of the molecule is CC(=O)NCCCCN(C)C(=O)CO[C@H]1Cc2ccccc2C12CCN(CC[C@@]1(c3ccc(Cl)c(Cl)c3)CN(C(=O)c3cc(C(F)(F)F)cc(C(F)(F)F)c3)CCO1)CC2.Cl. The summed E-state index contributed by atoms with van der Waals surface area (Å²) in [5.41, 5.74) is -2.51. The number of rotatable bonds is 13. The maximum atomic E-state index is 13.8. The van der Waals surface area contributed by atoms with Crippen LogP contribution in [0.25, 0.3) is 0 Å². The lowest BCUT2D eigenvalue weighted by molar-refractivity contribution is -0.143. The summed E-state index contributed by atoms with van der Waals surface area (Å²) in [5, 5.41) is 3.24. The number of morpholine rings is 1. The Balaban J connectivity index is 0.00000704. The molecule has 18 heteroatoms. The molecule has 6 rings (SSSR count). The Kier molecular flexibility index (Phi) is 15.8. The van der Waals surface area contributed by atoms with Crippen molar-refractivity contribution in [1.82, 2.24) is 20.0 Å². The Morgan fingerprint density at radius 2 is 1.59 bits per heavy atom. The molecular weight excluding hydrogens is 873 g/mol. The lowest BCUT2D eigenvalue weighted by atomic mass is 9.72. The number of carbonyl (C=O) groups excluding carboxylic acids is 3. The van der Waals surface area contributed by atoms with Crippen molar-refractivity contribution in [3.05, 3.63) is 104 Å². The van der Waals surface area contributed by atoms with Gasteiger partial charge in [-0.2, -0.15) is 26.3 Å². The number of fused-ring (bicyclic) bond motifs is 2. The summed E-state index contributed by atoms with van der Waals surface area (Å²) in [6.45, 7) is 3.99. The molecule has 2 saturated heterocycles. The van der Waals surface area contributed by atoms with E-state index in [1.54, 1.807) is 30.1 Å². The number of carbonyl (C=O) groups is 3. The molecule has 2 aliphatic heterocycles. The minimum atomic E-state index is -5.12. The van der Waals surface area contributed by atoms with E-state index in [0.29, 0.717) is 63.3 Å². The van der Waals surface area contributed by atoms with E-state index in [4.69, 9.17) is 32.7 Å². The molecule has 3 amide bonds. The van der Waals surface area contributed by atoms with Crippen molar-refractivity contribution in [3.8, 4) is 0 Å². The van der Waals surface area contributed by atoms with Gasteiger partial charge in [-0.05, 0) is 98.6 Å². The first-order valence-electron chi connectivity index (χ1n) is 19.9. The number of unbranched alkanes of at least 4 members (excludes halogenated alkanes) is 1. The molecule has 334 valence electrons. The second kappa shape index (κ2) is 19.8. The summed E-state index contributed by atoms with van der Waals surface area (Å²) in [7, 11) is 1.74. The van der Waals surface area contributed by atoms with Crippen LogP contribution in [-0.2, 0) is 48.9 Å². The Labute approximate surface area is 367 Å². The van der Waals surface area contributed by atoms with Crippen molar-refractivity contribution in [2.75, 3.05) is 66.1 Å². The molecule has 0 bridgehead atoms. The predicted molar refractivity (Wildman–Crippen MR) is 221 cm³/mol. The summed E-state index contributed by atoms with van der Waals surface area (Å²) in [6, 6.07) is 14.0. The van der Waals surface area contributed by atoms with E-state index in [-0.39, 0.29) is 78.2 Å². The van der Waals surface area contributed by atoms with Gasteiger partial charge in [0.2, 0.25) is 11.8 Å². The third kappa shape index (κ3) is 11.3. The van der Waals surface area contributed by atoms with Gasteiger partial charge < -0.3 is 29.5 Å². The largest absolute Gasteiger partial charge is 0.416 e. The van der Waals surface area contributed by atoms with E-state index in [0.717, 1.165) is 25.7 Å². The van der Waals surface area contributed by atoms with Crippen LogP contribution in [0.2, 0.25) is 10.0 Å². The van der Waals surface area contributed by atoms with Gasteiger partial charge in [0, 0.05) is 51.1 Å². The lowest BCUT2D eigenvalue weighted by Gasteiger charge is -2.46. The average Bonchev–Trinajstić information content (AvgIpc) is 3.51. The molecule has 1 aliphatic carbocycles. The van der Waals surface area contributed by atoms with Crippen LogP contribution in [0.5, 0.6) is 0 Å². The number of halogens is 9. The van der Waals surface area contributed by atoms with E-state index < -0.39 is 40.6 Å². The van der Waals surface area contributed by atoms with Crippen molar-refractivity contribution in [1.29, 1.82) is 0 Å². The topological polar surface area (TPSA) is 91.4 Å². The molecule has 0 aromatic heterocycles. The molecule has 3 aromatic carbocycles. The minimum Gasteiger partial charge on any atom is -0.367 e. The van der Waals surface area contributed by atoms with E-state index in [1.807, 2.05) is 12.1 Å². The van der Waals surface area contributed by atoms with Gasteiger partial charge in [-0.15, -0.1) is 12.4 Å². The number of hydrogen-bond acceptors (Lipinski definition) is 6. The quantitative estimate of drug-likeness (QED) is 0.137. The van der Waals surface area contributed by atoms with Crippen LogP contribution in [0.1, 0.15) is 77.2 Å². The zero-order valence-corrected chi connectivity index (χ0v) is 36.1. The maximum absolute atomic E-state index is 13.8.